The van der Waals surface area contributed by atoms with Gasteiger partial charge in [-0.15, -0.1) is 0 Å². The molecule has 0 bridgehead atoms. The molecule has 0 aromatic carbocycles. The first-order chi connectivity index (χ1) is 5.12. The SMILES string of the molecule is CCCCCCS(=O)(=O)NC. The van der Waals surface area contributed by atoms with Crippen molar-refractivity contribution in [2.75, 3.05) is 12.8 Å². The van der Waals surface area contributed by atoms with Crippen LogP contribution in [0.2, 0.25) is 0 Å². The Kier molecular flexibility index (Phi) is 5.50. The first kappa shape index (κ1) is 10.9. The van der Waals surface area contributed by atoms with Crippen molar-refractivity contribution in [2.45, 2.75) is 32.6 Å². The summed E-state index contributed by atoms with van der Waals surface area (Å²) in [6.07, 6.45) is 4.05. The van der Waals surface area contributed by atoms with Gasteiger partial charge in [0.05, 0.1) is 5.75 Å². The Balaban J connectivity index is 3.39. The molecule has 0 aliphatic rings. The largest absolute Gasteiger partial charge is 0.218 e. The molecular formula is C7H17NO2S. The van der Waals surface area contributed by atoms with Crippen molar-refractivity contribution in [3.63, 3.8) is 0 Å². The van der Waals surface area contributed by atoms with Crippen molar-refractivity contribution in [1.82, 2.24) is 4.72 Å². The number of hydrogen-bond donors (Lipinski definition) is 1. The minimum absolute atomic E-state index is 0.267. The number of rotatable bonds is 6. The summed E-state index contributed by atoms with van der Waals surface area (Å²) < 4.78 is 24.0. The predicted molar refractivity (Wildman–Crippen MR) is 47.0 cm³/mol. The van der Waals surface area contributed by atoms with Crippen molar-refractivity contribution in [1.29, 1.82) is 0 Å². The average Bonchev–Trinajstić information content (AvgIpc) is 1.99. The molecule has 0 saturated carbocycles. The van der Waals surface area contributed by atoms with Gasteiger partial charge in [0.15, 0.2) is 0 Å². The minimum atomic E-state index is -2.95. The first-order valence-electron chi connectivity index (χ1n) is 4.03. The summed E-state index contributed by atoms with van der Waals surface area (Å²) in [5.74, 6) is 0.267. The van der Waals surface area contributed by atoms with Crippen molar-refractivity contribution in [3.8, 4) is 0 Å². The average molecular weight is 179 g/mol. The Morgan fingerprint density at radius 3 is 2.27 bits per heavy atom. The van der Waals surface area contributed by atoms with E-state index in [0.29, 0.717) is 0 Å². The van der Waals surface area contributed by atoms with Gasteiger partial charge in [0.1, 0.15) is 0 Å². The zero-order chi connectivity index (χ0) is 8.74. The molecule has 0 spiro atoms. The molecule has 0 aliphatic heterocycles. The van der Waals surface area contributed by atoms with E-state index in [4.69, 9.17) is 0 Å². The summed E-state index contributed by atoms with van der Waals surface area (Å²) in [7, 11) is -1.50. The third kappa shape index (κ3) is 6.31. The third-order valence-electron chi connectivity index (χ3n) is 1.58. The third-order valence-corrected chi connectivity index (χ3v) is 3.03. The van der Waals surface area contributed by atoms with E-state index in [-0.39, 0.29) is 5.75 Å². The van der Waals surface area contributed by atoms with Gasteiger partial charge in [-0.1, -0.05) is 26.2 Å². The normalized spacial score (nSPS) is 11.8. The second-order valence-corrected chi connectivity index (χ2v) is 4.63. The first-order valence-corrected chi connectivity index (χ1v) is 5.69. The molecule has 0 aliphatic carbocycles. The van der Waals surface area contributed by atoms with Gasteiger partial charge in [0.2, 0.25) is 10.0 Å². The van der Waals surface area contributed by atoms with Crippen LogP contribution in [0.25, 0.3) is 0 Å². The molecular weight excluding hydrogens is 162 g/mol. The molecule has 0 heterocycles. The van der Waals surface area contributed by atoms with E-state index in [2.05, 4.69) is 11.6 Å². The molecule has 0 atom stereocenters. The van der Waals surface area contributed by atoms with Crippen LogP contribution in [-0.4, -0.2) is 21.2 Å². The fourth-order valence-corrected chi connectivity index (χ4v) is 1.61. The van der Waals surface area contributed by atoms with Crippen LogP contribution in [0.4, 0.5) is 0 Å². The molecule has 0 unspecified atom stereocenters. The lowest BCUT2D eigenvalue weighted by molar-refractivity contribution is 0.581. The predicted octanol–water partition coefficient (Wildman–Crippen LogP) is 1.12. The van der Waals surface area contributed by atoms with Gasteiger partial charge in [0, 0.05) is 0 Å². The van der Waals surface area contributed by atoms with Gasteiger partial charge in [-0.25, -0.2) is 13.1 Å². The Morgan fingerprint density at radius 2 is 1.82 bits per heavy atom. The molecule has 0 rings (SSSR count). The second-order valence-electron chi connectivity index (χ2n) is 2.58. The lowest BCUT2D eigenvalue weighted by atomic mass is 10.2. The number of hydrogen-bond acceptors (Lipinski definition) is 2. The van der Waals surface area contributed by atoms with Crippen LogP contribution in [0.3, 0.4) is 0 Å². The second kappa shape index (κ2) is 5.55. The topological polar surface area (TPSA) is 46.2 Å². The van der Waals surface area contributed by atoms with Gasteiger partial charge >= 0.3 is 0 Å². The van der Waals surface area contributed by atoms with Gasteiger partial charge in [0.25, 0.3) is 0 Å². The highest BCUT2D eigenvalue weighted by Gasteiger charge is 2.04. The highest BCUT2D eigenvalue weighted by atomic mass is 32.2. The number of unbranched alkanes of at least 4 members (excludes halogenated alkanes) is 3. The highest BCUT2D eigenvalue weighted by Crippen LogP contribution is 2.00. The molecule has 68 valence electrons. The lowest BCUT2D eigenvalue weighted by Gasteiger charge is -2.00. The van der Waals surface area contributed by atoms with E-state index in [1.807, 2.05) is 0 Å². The lowest BCUT2D eigenvalue weighted by Crippen LogP contribution is -2.21. The monoisotopic (exact) mass is 179 g/mol. The van der Waals surface area contributed by atoms with E-state index in [1.54, 1.807) is 0 Å². The molecule has 1 N–H and O–H groups in total. The van der Waals surface area contributed by atoms with E-state index in [0.717, 1.165) is 25.7 Å². The highest BCUT2D eigenvalue weighted by molar-refractivity contribution is 7.89. The summed E-state index contributed by atoms with van der Waals surface area (Å²) in [5, 5.41) is 0. The zero-order valence-electron chi connectivity index (χ0n) is 7.26. The van der Waals surface area contributed by atoms with Crippen LogP contribution in [0.5, 0.6) is 0 Å². The van der Waals surface area contributed by atoms with Crippen molar-refractivity contribution in [3.05, 3.63) is 0 Å². The summed E-state index contributed by atoms with van der Waals surface area (Å²) in [5.41, 5.74) is 0. The maximum absolute atomic E-state index is 10.9. The van der Waals surface area contributed by atoms with E-state index >= 15 is 0 Å². The molecule has 0 radical (unpaired) electrons. The molecule has 4 heteroatoms. The maximum atomic E-state index is 10.9. The molecule has 0 aromatic rings. The van der Waals surface area contributed by atoms with Crippen LogP contribution in [0, 0.1) is 0 Å². The van der Waals surface area contributed by atoms with Gasteiger partial charge in [-0.3, -0.25) is 0 Å². The smallest absolute Gasteiger partial charge is 0.211 e. The number of nitrogens with one attached hydrogen (secondary N) is 1. The molecule has 3 nitrogen and oxygen atoms in total. The van der Waals surface area contributed by atoms with E-state index in [9.17, 15) is 8.42 Å². The van der Waals surface area contributed by atoms with Crippen LogP contribution in [-0.2, 0) is 10.0 Å². The number of sulfonamides is 1. The van der Waals surface area contributed by atoms with Crippen LogP contribution in [0.15, 0.2) is 0 Å². The van der Waals surface area contributed by atoms with Gasteiger partial charge in [-0.05, 0) is 13.5 Å². The summed E-state index contributed by atoms with van der Waals surface area (Å²) in [4.78, 5) is 0. The van der Waals surface area contributed by atoms with Gasteiger partial charge in [-0.2, -0.15) is 0 Å². The minimum Gasteiger partial charge on any atom is -0.218 e. The summed E-state index contributed by atoms with van der Waals surface area (Å²) in [6, 6.07) is 0. The Morgan fingerprint density at radius 1 is 1.18 bits per heavy atom. The molecule has 11 heavy (non-hydrogen) atoms. The molecule has 0 amide bonds. The zero-order valence-corrected chi connectivity index (χ0v) is 8.08. The molecule has 0 saturated heterocycles. The Bertz CT molecular complexity index is 175. The van der Waals surface area contributed by atoms with Crippen LogP contribution in [0.1, 0.15) is 32.6 Å². The quantitative estimate of drug-likeness (QED) is 0.621. The summed E-state index contributed by atoms with van der Waals surface area (Å²) in [6.45, 7) is 2.10. The van der Waals surface area contributed by atoms with Crippen molar-refractivity contribution in [2.24, 2.45) is 0 Å². The van der Waals surface area contributed by atoms with E-state index < -0.39 is 10.0 Å². The molecule has 0 aromatic heterocycles. The Labute approximate surface area is 69.2 Å². The fraction of sp³-hybridized carbons (Fsp3) is 1.00. The fourth-order valence-electron chi connectivity index (χ4n) is 0.821. The maximum Gasteiger partial charge on any atom is 0.211 e. The van der Waals surface area contributed by atoms with Crippen LogP contribution < -0.4 is 4.72 Å². The molecule has 0 fully saturated rings. The van der Waals surface area contributed by atoms with Crippen molar-refractivity contribution >= 4 is 10.0 Å². The van der Waals surface area contributed by atoms with Gasteiger partial charge < -0.3 is 0 Å². The van der Waals surface area contributed by atoms with Crippen LogP contribution >= 0.6 is 0 Å². The van der Waals surface area contributed by atoms with Crippen molar-refractivity contribution < 1.29 is 8.42 Å². The Hall–Kier alpha value is -0.0900. The standard InChI is InChI=1S/C7H17NO2S/c1-3-4-5-6-7-11(9,10)8-2/h8H,3-7H2,1-2H3. The van der Waals surface area contributed by atoms with E-state index in [1.165, 1.54) is 7.05 Å². The summed E-state index contributed by atoms with van der Waals surface area (Å²) >= 11 is 0.